The van der Waals surface area contributed by atoms with Crippen molar-refractivity contribution in [3.05, 3.63) is 24.7 Å². The molecule has 3 nitrogen and oxygen atoms in total. The Morgan fingerprint density at radius 1 is 0.625 bits per heavy atom. The molecule has 0 spiro atoms. The molecule has 140 valence electrons. The summed E-state index contributed by atoms with van der Waals surface area (Å²) in [4.78, 5) is 11.3. The molecule has 0 unspecified atom stereocenters. The van der Waals surface area contributed by atoms with Crippen LogP contribution in [0.1, 0.15) is 104 Å². The van der Waals surface area contributed by atoms with Gasteiger partial charge in [0.05, 0.1) is 12.5 Å². The van der Waals surface area contributed by atoms with E-state index in [-0.39, 0.29) is 0 Å². The van der Waals surface area contributed by atoms with Gasteiger partial charge in [-0.15, -0.1) is 0 Å². The van der Waals surface area contributed by atoms with Crippen LogP contribution in [-0.4, -0.2) is 6.16 Å². The molecule has 3 heteroatoms. The Hall–Kier alpha value is -1.25. The standard InChI is InChI=1S/C21H38O3/c1-3-5-7-9-11-13-15-17-19-23-21(22)24-20-18-16-14-12-10-8-6-4-2/h17-20H,3-16H2,1-2H3. The van der Waals surface area contributed by atoms with E-state index in [0.717, 1.165) is 25.7 Å². The zero-order valence-electron chi connectivity index (χ0n) is 15.9. The predicted molar refractivity (Wildman–Crippen MR) is 102 cm³/mol. The molecule has 0 saturated heterocycles. The van der Waals surface area contributed by atoms with Crippen molar-refractivity contribution in [2.45, 2.75) is 104 Å². The summed E-state index contributed by atoms with van der Waals surface area (Å²) < 4.78 is 9.73. The van der Waals surface area contributed by atoms with Crippen molar-refractivity contribution in [1.29, 1.82) is 0 Å². The highest BCUT2D eigenvalue weighted by molar-refractivity contribution is 5.61. The van der Waals surface area contributed by atoms with E-state index in [1.807, 2.05) is 12.2 Å². The van der Waals surface area contributed by atoms with Crippen LogP contribution < -0.4 is 0 Å². The first-order valence-electron chi connectivity index (χ1n) is 9.98. The molecule has 0 aliphatic heterocycles. The van der Waals surface area contributed by atoms with Crippen molar-refractivity contribution in [1.82, 2.24) is 0 Å². The van der Waals surface area contributed by atoms with Crippen LogP contribution in [0.3, 0.4) is 0 Å². The number of ether oxygens (including phenoxy) is 2. The Morgan fingerprint density at radius 2 is 1.00 bits per heavy atom. The largest absolute Gasteiger partial charge is 0.518 e. The van der Waals surface area contributed by atoms with E-state index in [1.54, 1.807) is 0 Å². The predicted octanol–water partition coefficient (Wildman–Crippen LogP) is 7.67. The molecule has 0 aliphatic carbocycles. The molecule has 0 N–H and O–H groups in total. The number of hydrogen-bond acceptors (Lipinski definition) is 3. The number of carbonyl (C=O) groups is 1. The van der Waals surface area contributed by atoms with Crippen LogP contribution in [-0.2, 0) is 9.47 Å². The quantitative estimate of drug-likeness (QED) is 0.164. The van der Waals surface area contributed by atoms with Crippen molar-refractivity contribution < 1.29 is 14.3 Å². The van der Waals surface area contributed by atoms with Gasteiger partial charge in [-0.05, 0) is 37.8 Å². The second kappa shape index (κ2) is 19.8. The molecule has 0 radical (unpaired) electrons. The van der Waals surface area contributed by atoms with Gasteiger partial charge in [0.1, 0.15) is 0 Å². The van der Waals surface area contributed by atoms with Gasteiger partial charge in [0.2, 0.25) is 0 Å². The van der Waals surface area contributed by atoms with Crippen molar-refractivity contribution in [3.63, 3.8) is 0 Å². The molecule has 0 saturated carbocycles. The Bertz CT molecular complexity index is 291. The lowest BCUT2D eigenvalue weighted by atomic mass is 10.1. The van der Waals surface area contributed by atoms with E-state index in [4.69, 9.17) is 9.47 Å². The molecule has 0 amide bonds. The van der Waals surface area contributed by atoms with Crippen molar-refractivity contribution in [2.24, 2.45) is 0 Å². The summed E-state index contributed by atoms with van der Waals surface area (Å²) in [5.74, 6) is 0. The third kappa shape index (κ3) is 18.8. The summed E-state index contributed by atoms with van der Waals surface area (Å²) in [6.07, 6.45) is 23.2. The fraction of sp³-hybridized carbons (Fsp3) is 0.762. The van der Waals surface area contributed by atoms with Crippen LogP contribution in [0.15, 0.2) is 24.7 Å². The topological polar surface area (TPSA) is 35.5 Å². The van der Waals surface area contributed by atoms with Crippen LogP contribution >= 0.6 is 0 Å². The molecule has 0 atom stereocenters. The zero-order valence-corrected chi connectivity index (χ0v) is 15.9. The van der Waals surface area contributed by atoms with E-state index in [2.05, 4.69) is 13.8 Å². The number of allylic oxidation sites excluding steroid dienone is 2. The van der Waals surface area contributed by atoms with Crippen molar-refractivity contribution >= 4 is 6.16 Å². The number of hydrogen-bond donors (Lipinski definition) is 0. The Morgan fingerprint density at radius 3 is 1.42 bits per heavy atom. The van der Waals surface area contributed by atoms with Crippen molar-refractivity contribution in [3.8, 4) is 0 Å². The highest BCUT2D eigenvalue weighted by Crippen LogP contribution is 2.08. The second-order valence-corrected chi connectivity index (χ2v) is 6.34. The van der Waals surface area contributed by atoms with Gasteiger partial charge in [0, 0.05) is 0 Å². The summed E-state index contributed by atoms with van der Waals surface area (Å²) in [6.45, 7) is 4.45. The van der Waals surface area contributed by atoms with Gasteiger partial charge < -0.3 is 9.47 Å². The molecule has 24 heavy (non-hydrogen) atoms. The molecular formula is C21H38O3. The van der Waals surface area contributed by atoms with E-state index in [1.165, 1.54) is 76.7 Å². The Labute approximate surface area is 149 Å². The SMILES string of the molecule is CCCCCCCCC=COC(=O)OC=CCCCCCCCC. The molecule has 0 aromatic rings. The fourth-order valence-corrected chi connectivity index (χ4v) is 2.46. The third-order valence-electron chi connectivity index (χ3n) is 3.97. The molecule has 0 aromatic carbocycles. The second-order valence-electron chi connectivity index (χ2n) is 6.34. The monoisotopic (exact) mass is 338 g/mol. The number of rotatable bonds is 16. The highest BCUT2D eigenvalue weighted by Gasteiger charge is 1.97. The van der Waals surface area contributed by atoms with Crippen LogP contribution in [0.5, 0.6) is 0 Å². The zero-order chi connectivity index (χ0) is 17.7. The lowest BCUT2D eigenvalue weighted by Crippen LogP contribution is -1.97. The summed E-state index contributed by atoms with van der Waals surface area (Å²) in [5.41, 5.74) is 0. The van der Waals surface area contributed by atoms with Gasteiger partial charge in [-0.2, -0.15) is 0 Å². The smallest absolute Gasteiger partial charge is 0.403 e. The fourth-order valence-electron chi connectivity index (χ4n) is 2.46. The minimum absolute atomic E-state index is 0.659. The molecule has 0 heterocycles. The van der Waals surface area contributed by atoms with Gasteiger partial charge in [-0.25, -0.2) is 4.79 Å². The van der Waals surface area contributed by atoms with Crippen LogP contribution in [0.25, 0.3) is 0 Å². The van der Waals surface area contributed by atoms with Crippen LogP contribution in [0, 0.1) is 0 Å². The lowest BCUT2D eigenvalue weighted by molar-refractivity contribution is 0.119. The summed E-state index contributed by atoms with van der Waals surface area (Å²) >= 11 is 0. The maximum atomic E-state index is 11.3. The summed E-state index contributed by atoms with van der Waals surface area (Å²) in [7, 11) is 0. The molecule has 0 fully saturated rings. The van der Waals surface area contributed by atoms with Gasteiger partial charge in [-0.3, -0.25) is 0 Å². The Balaban J connectivity index is 3.36. The van der Waals surface area contributed by atoms with Crippen LogP contribution in [0.4, 0.5) is 4.79 Å². The van der Waals surface area contributed by atoms with Crippen LogP contribution in [0.2, 0.25) is 0 Å². The molecule has 0 bridgehead atoms. The first-order valence-corrected chi connectivity index (χ1v) is 9.98. The van der Waals surface area contributed by atoms with E-state index < -0.39 is 6.16 Å². The van der Waals surface area contributed by atoms with E-state index in [9.17, 15) is 4.79 Å². The Kier molecular flexibility index (Phi) is 18.8. The average molecular weight is 339 g/mol. The maximum Gasteiger partial charge on any atom is 0.518 e. The van der Waals surface area contributed by atoms with Gasteiger partial charge in [0.15, 0.2) is 0 Å². The van der Waals surface area contributed by atoms with Gasteiger partial charge >= 0.3 is 6.16 Å². The molecule has 0 rings (SSSR count). The molecular weight excluding hydrogens is 300 g/mol. The maximum absolute atomic E-state index is 11.3. The summed E-state index contributed by atoms with van der Waals surface area (Å²) in [6, 6.07) is 0. The first-order chi connectivity index (χ1) is 11.8. The minimum Gasteiger partial charge on any atom is -0.403 e. The normalized spacial score (nSPS) is 11.4. The first kappa shape index (κ1) is 22.8. The highest BCUT2D eigenvalue weighted by atomic mass is 16.7. The third-order valence-corrected chi connectivity index (χ3v) is 3.97. The average Bonchev–Trinajstić information content (AvgIpc) is 2.59. The van der Waals surface area contributed by atoms with Crippen molar-refractivity contribution in [2.75, 3.05) is 0 Å². The van der Waals surface area contributed by atoms with Gasteiger partial charge in [0.25, 0.3) is 0 Å². The van der Waals surface area contributed by atoms with Gasteiger partial charge in [-0.1, -0.05) is 78.1 Å². The summed E-state index contributed by atoms with van der Waals surface area (Å²) in [5, 5.41) is 0. The van der Waals surface area contributed by atoms with E-state index in [0.29, 0.717) is 0 Å². The van der Waals surface area contributed by atoms with E-state index >= 15 is 0 Å². The molecule has 0 aliphatic rings. The number of unbranched alkanes of at least 4 members (excludes halogenated alkanes) is 12. The minimum atomic E-state index is -0.659. The lowest BCUT2D eigenvalue weighted by Gasteiger charge is -1.99. The number of carbonyl (C=O) groups excluding carboxylic acids is 1. The molecule has 0 aromatic heterocycles.